The number of nitro benzene ring substituents is 1. The van der Waals surface area contributed by atoms with Gasteiger partial charge >= 0.3 is 0 Å². The summed E-state index contributed by atoms with van der Waals surface area (Å²) >= 11 is 5.78. The number of hydrogen-bond donors (Lipinski definition) is 1. The smallest absolute Gasteiger partial charge is 0.282 e. The van der Waals surface area contributed by atoms with Gasteiger partial charge in [0.2, 0.25) is 0 Å². The SMILES string of the molecule is Cc1ccc([N+](=O)[O-])c(C(=O)NC(CCCl)C(C)(C)C)c1. The fourth-order valence-electron chi connectivity index (χ4n) is 2.06. The molecule has 6 heteroatoms. The minimum Gasteiger partial charge on any atom is -0.349 e. The third-order valence-corrected chi connectivity index (χ3v) is 3.56. The first-order valence-corrected chi connectivity index (χ1v) is 7.32. The van der Waals surface area contributed by atoms with Crippen LogP contribution in [0.1, 0.15) is 43.1 Å². The molecular weight excluding hydrogens is 292 g/mol. The maximum Gasteiger partial charge on any atom is 0.282 e. The molecule has 0 spiro atoms. The van der Waals surface area contributed by atoms with E-state index in [0.717, 1.165) is 5.56 Å². The van der Waals surface area contributed by atoms with E-state index in [4.69, 9.17) is 11.6 Å². The predicted molar refractivity (Wildman–Crippen MR) is 83.9 cm³/mol. The molecule has 0 aliphatic carbocycles. The van der Waals surface area contributed by atoms with E-state index >= 15 is 0 Å². The lowest BCUT2D eigenvalue weighted by molar-refractivity contribution is -0.385. The molecule has 0 saturated carbocycles. The highest BCUT2D eigenvalue weighted by atomic mass is 35.5. The predicted octanol–water partition coefficient (Wildman–Crippen LogP) is 3.68. The number of amides is 1. The molecule has 1 aromatic rings. The molecule has 21 heavy (non-hydrogen) atoms. The van der Waals surface area contributed by atoms with Gasteiger partial charge in [-0.25, -0.2) is 0 Å². The Labute approximate surface area is 129 Å². The Morgan fingerprint density at radius 1 is 1.43 bits per heavy atom. The summed E-state index contributed by atoms with van der Waals surface area (Å²) in [4.78, 5) is 22.9. The number of nitrogens with one attached hydrogen (secondary N) is 1. The highest BCUT2D eigenvalue weighted by Gasteiger charge is 2.28. The second-order valence-corrected chi connectivity index (χ2v) is 6.53. The van der Waals surface area contributed by atoms with Crippen molar-refractivity contribution in [3.8, 4) is 0 Å². The number of alkyl halides is 1. The summed E-state index contributed by atoms with van der Waals surface area (Å²) in [5.74, 6) is -0.0200. The molecular formula is C15H21ClN2O3. The van der Waals surface area contributed by atoms with Crippen molar-refractivity contribution in [3.63, 3.8) is 0 Å². The summed E-state index contributed by atoms with van der Waals surface area (Å²) in [5, 5.41) is 13.9. The van der Waals surface area contributed by atoms with E-state index in [2.05, 4.69) is 5.32 Å². The minimum absolute atomic E-state index is 0.0869. The first kappa shape index (κ1) is 17.4. The Balaban J connectivity index is 3.08. The molecule has 0 aliphatic heterocycles. The Morgan fingerprint density at radius 2 is 2.05 bits per heavy atom. The highest BCUT2D eigenvalue weighted by Crippen LogP contribution is 2.25. The number of nitro groups is 1. The van der Waals surface area contributed by atoms with Crippen LogP contribution in [0, 0.1) is 22.5 Å². The van der Waals surface area contributed by atoms with Gasteiger partial charge in [-0.2, -0.15) is 0 Å². The Hall–Kier alpha value is -1.62. The number of hydrogen-bond acceptors (Lipinski definition) is 3. The van der Waals surface area contributed by atoms with Crippen molar-refractivity contribution in [2.75, 3.05) is 5.88 Å². The number of carbonyl (C=O) groups is 1. The summed E-state index contributed by atoms with van der Waals surface area (Å²) < 4.78 is 0. The van der Waals surface area contributed by atoms with Crippen LogP contribution in [0.5, 0.6) is 0 Å². The lowest BCUT2D eigenvalue weighted by Crippen LogP contribution is -2.44. The van der Waals surface area contributed by atoms with Crippen molar-refractivity contribution in [1.82, 2.24) is 5.32 Å². The van der Waals surface area contributed by atoms with Gasteiger partial charge < -0.3 is 5.32 Å². The van der Waals surface area contributed by atoms with Crippen LogP contribution in [0.2, 0.25) is 0 Å². The van der Waals surface area contributed by atoms with Gasteiger partial charge in [0.05, 0.1) is 4.92 Å². The molecule has 5 nitrogen and oxygen atoms in total. The Kier molecular flexibility index (Phi) is 5.72. The van der Waals surface area contributed by atoms with Crippen LogP contribution < -0.4 is 5.32 Å². The lowest BCUT2D eigenvalue weighted by Gasteiger charge is -2.31. The van der Waals surface area contributed by atoms with Crippen LogP contribution in [0.3, 0.4) is 0 Å². The molecule has 1 N–H and O–H groups in total. The zero-order valence-corrected chi connectivity index (χ0v) is 13.5. The van der Waals surface area contributed by atoms with E-state index in [1.165, 1.54) is 12.1 Å². The number of aryl methyl sites for hydroxylation is 1. The third-order valence-electron chi connectivity index (χ3n) is 3.34. The van der Waals surface area contributed by atoms with E-state index in [0.29, 0.717) is 12.3 Å². The number of halogens is 1. The Morgan fingerprint density at radius 3 is 2.52 bits per heavy atom. The largest absolute Gasteiger partial charge is 0.349 e. The molecule has 0 heterocycles. The van der Waals surface area contributed by atoms with E-state index in [9.17, 15) is 14.9 Å². The summed E-state index contributed by atoms with van der Waals surface area (Å²) in [6.45, 7) is 7.78. The monoisotopic (exact) mass is 312 g/mol. The van der Waals surface area contributed by atoms with Crippen LogP contribution in [-0.2, 0) is 0 Å². The normalized spacial score (nSPS) is 12.8. The summed E-state index contributed by atoms with van der Waals surface area (Å²) in [5.41, 5.74) is 0.527. The van der Waals surface area contributed by atoms with Crippen LogP contribution in [-0.4, -0.2) is 22.8 Å². The van der Waals surface area contributed by atoms with Gasteiger partial charge in [0.25, 0.3) is 11.6 Å². The van der Waals surface area contributed by atoms with Crippen LogP contribution in [0.25, 0.3) is 0 Å². The van der Waals surface area contributed by atoms with Gasteiger partial charge in [-0.05, 0) is 30.4 Å². The Bertz CT molecular complexity index is 538. The van der Waals surface area contributed by atoms with Crippen molar-refractivity contribution in [1.29, 1.82) is 0 Å². The molecule has 0 aromatic heterocycles. The second-order valence-electron chi connectivity index (χ2n) is 6.15. The molecule has 0 saturated heterocycles. The standard InChI is InChI=1S/C15H21ClN2O3/c1-10-5-6-12(18(20)21)11(9-10)14(19)17-13(7-8-16)15(2,3)4/h5-6,9,13H,7-8H2,1-4H3,(H,17,19). The van der Waals surface area contributed by atoms with Gasteiger partial charge in [-0.1, -0.05) is 26.8 Å². The molecule has 0 aliphatic rings. The number of nitrogens with zero attached hydrogens (tertiary/aromatic N) is 1. The molecule has 116 valence electrons. The average Bonchev–Trinajstić information content (AvgIpc) is 2.36. The zero-order valence-electron chi connectivity index (χ0n) is 12.8. The summed E-state index contributed by atoms with van der Waals surface area (Å²) in [7, 11) is 0. The quantitative estimate of drug-likeness (QED) is 0.512. The van der Waals surface area contributed by atoms with Gasteiger partial charge in [0.1, 0.15) is 5.56 Å². The topological polar surface area (TPSA) is 72.2 Å². The first-order chi connectivity index (χ1) is 9.66. The molecule has 1 amide bonds. The molecule has 1 atom stereocenters. The minimum atomic E-state index is -0.540. The number of carbonyl (C=O) groups excluding carboxylic acids is 1. The van der Waals surface area contributed by atoms with E-state index in [-0.39, 0.29) is 22.7 Å². The summed E-state index contributed by atoms with van der Waals surface area (Å²) in [6, 6.07) is 4.36. The molecule has 1 rings (SSSR count). The maximum absolute atomic E-state index is 12.4. The van der Waals surface area contributed by atoms with Gasteiger partial charge in [0.15, 0.2) is 0 Å². The molecule has 1 aromatic carbocycles. The van der Waals surface area contributed by atoms with E-state index < -0.39 is 10.8 Å². The third kappa shape index (κ3) is 4.70. The first-order valence-electron chi connectivity index (χ1n) is 6.78. The number of benzene rings is 1. The molecule has 0 bridgehead atoms. The van der Waals surface area contributed by atoms with Crippen molar-refractivity contribution in [2.24, 2.45) is 5.41 Å². The highest BCUT2D eigenvalue weighted by molar-refractivity contribution is 6.17. The van der Waals surface area contributed by atoms with E-state index in [1.807, 2.05) is 20.8 Å². The van der Waals surface area contributed by atoms with Crippen LogP contribution in [0.15, 0.2) is 18.2 Å². The lowest BCUT2D eigenvalue weighted by atomic mass is 9.85. The molecule has 0 radical (unpaired) electrons. The maximum atomic E-state index is 12.4. The van der Waals surface area contributed by atoms with Gasteiger partial charge in [-0.3, -0.25) is 14.9 Å². The van der Waals surface area contributed by atoms with Crippen LogP contribution in [0.4, 0.5) is 5.69 Å². The second kappa shape index (κ2) is 6.89. The van der Waals surface area contributed by atoms with Crippen molar-refractivity contribution in [2.45, 2.75) is 40.2 Å². The fraction of sp³-hybridized carbons (Fsp3) is 0.533. The molecule has 1 unspecified atom stereocenters. The fourth-order valence-corrected chi connectivity index (χ4v) is 2.28. The van der Waals surface area contributed by atoms with Crippen LogP contribution >= 0.6 is 11.6 Å². The summed E-state index contributed by atoms with van der Waals surface area (Å²) in [6.07, 6.45) is 0.608. The van der Waals surface area contributed by atoms with Gasteiger partial charge in [-0.15, -0.1) is 11.6 Å². The van der Waals surface area contributed by atoms with Gasteiger partial charge in [0, 0.05) is 18.0 Å². The van der Waals surface area contributed by atoms with Crippen molar-refractivity contribution < 1.29 is 9.72 Å². The zero-order chi connectivity index (χ0) is 16.2. The number of rotatable bonds is 5. The van der Waals surface area contributed by atoms with Crippen molar-refractivity contribution >= 4 is 23.2 Å². The molecule has 0 fully saturated rings. The van der Waals surface area contributed by atoms with E-state index in [1.54, 1.807) is 13.0 Å². The average molecular weight is 313 g/mol. The van der Waals surface area contributed by atoms with Crippen molar-refractivity contribution in [3.05, 3.63) is 39.4 Å².